The van der Waals surface area contributed by atoms with Gasteiger partial charge in [-0.05, 0) is 37.4 Å². The molecule has 1 heterocycles. The van der Waals surface area contributed by atoms with E-state index >= 15 is 0 Å². The molecule has 1 saturated heterocycles. The maximum atomic E-state index is 5.52. The smallest absolute Gasteiger partial charge is 0.0202 e. The van der Waals surface area contributed by atoms with E-state index in [-0.39, 0.29) is 0 Å². The predicted molar refractivity (Wildman–Crippen MR) is 57.6 cm³/mol. The lowest BCUT2D eigenvalue weighted by Gasteiger charge is -2.31. The quantitative estimate of drug-likeness (QED) is 0.669. The average molecular weight is 182 g/mol. The van der Waals surface area contributed by atoms with Gasteiger partial charge < -0.3 is 5.73 Å². The van der Waals surface area contributed by atoms with Gasteiger partial charge in [0, 0.05) is 13.1 Å². The largest absolute Gasteiger partial charge is 0.327 e. The zero-order chi connectivity index (χ0) is 9.68. The average Bonchev–Trinajstić information content (AvgIpc) is 2.19. The molecule has 0 aromatic heterocycles. The van der Waals surface area contributed by atoms with Crippen molar-refractivity contribution in [1.82, 2.24) is 4.90 Å². The van der Waals surface area contributed by atoms with E-state index < -0.39 is 0 Å². The molecule has 0 aromatic rings. The van der Waals surface area contributed by atoms with Gasteiger partial charge in [0.05, 0.1) is 0 Å². The lowest BCUT2D eigenvalue weighted by Crippen LogP contribution is -2.35. The van der Waals surface area contributed by atoms with Crippen LogP contribution in [0.4, 0.5) is 0 Å². The second-order valence-electron chi connectivity index (χ2n) is 4.08. The minimum atomic E-state index is 0.633. The Morgan fingerprint density at radius 1 is 1.46 bits per heavy atom. The number of nitrogens with two attached hydrogens (primary N) is 1. The van der Waals surface area contributed by atoms with Gasteiger partial charge >= 0.3 is 0 Å². The normalized spacial score (nSPS) is 20.5. The molecule has 0 unspecified atom stereocenters. The highest BCUT2D eigenvalue weighted by Gasteiger charge is 2.17. The van der Waals surface area contributed by atoms with Gasteiger partial charge in [-0.3, -0.25) is 4.90 Å². The van der Waals surface area contributed by atoms with Crippen molar-refractivity contribution in [3.05, 3.63) is 12.2 Å². The van der Waals surface area contributed by atoms with Crippen LogP contribution in [0.1, 0.15) is 26.2 Å². The highest BCUT2D eigenvalue weighted by Crippen LogP contribution is 2.19. The third-order valence-electron chi connectivity index (χ3n) is 3.02. The van der Waals surface area contributed by atoms with Gasteiger partial charge in [0.2, 0.25) is 0 Å². The Bertz CT molecular complexity index is 157. The first-order valence-electron chi connectivity index (χ1n) is 5.35. The third-order valence-corrected chi connectivity index (χ3v) is 3.02. The van der Waals surface area contributed by atoms with Crippen molar-refractivity contribution in [2.45, 2.75) is 26.2 Å². The summed E-state index contributed by atoms with van der Waals surface area (Å²) in [5.74, 6) is 0.961. The monoisotopic (exact) mass is 182 g/mol. The second kappa shape index (κ2) is 5.40. The van der Waals surface area contributed by atoms with Gasteiger partial charge in [0.1, 0.15) is 0 Å². The summed E-state index contributed by atoms with van der Waals surface area (Å²) < 4.78 is 0. The molecule has 0 saturated carbocycles. The summed E-state index contributed by atoms with van der Waals surface area (Å²) in [6.45, 7) is 10.3. The molecular formula is C11H22N2. The van der Waals surface area contributed by atoms with Crippen LogP contribution in [-0.4, -0.2) is 31.1 Å². The minimum Gasteiger partial charge on any atom is -0.327 e. The van der Waals surface area contributed by atoms with Crippen LogP contribution in [0.25, 0.3) is 0 Å². The maximum Gasteiger partial charge on any atom is 0.0202 e. The zero-order valence-electron chi connectivity index (χ0n) is 8.76. The topological polar surface area (TPSA) is 29.3 Å². The van der Waals surface area contributed by atoms with Crippen molar-refractivity contribution in [2.24, 2.45) is 11.7 Å². The van der Waals surface area contributed by atoms with Gasteiger partial charge in [-0.25, -0.2) is 0 Å². The van der Waals surface area contributed by atoms with Crippen LogP contribution in [0.15, 0.2) is 12.2 Å². The van der Waals surface area contributed by atoms with Gasteiger partial charge in [-0.2, -0.15) is 0 Å². The van der Waals surface area contributed by atoms with Crippen molar-refractivity contribution in [3.8, 4) is 0 Å². The first kappa shape index (κ1) is 10.7. The van der Waals surface area contributed by atoms with Crippen LogP contribution in [-0.2, 0) is 0 Å². The summed E-state index contributed by atoms with van der Waals surface area (Å²) in [4.78, 5) is 2.47. The lowest BCUT2D eigenvalue weighted by atomic mass is 9.94. The standard InChI is InChI=1S/C11H22N2/c1-3-11-4-6-13(7-5-11)9-10(2)8-12/h11H,2-9,12H2,1H3. The Hall–Kier alpha value is -0.340. The van der Waals surface area contributed by atoms with E-state index in [0.717, 1.165) is 18.0 Å². The molecule has 0 aromatic carbocycles. The molecule has 0 aliphatic carbocycles. The number of hydrogen-bond acceptors (Lipinski definition) is 2. The molecule has 2 heteroatoms. The molecule has 2 N–H and O–H groups in total. The van der Waals surface area contributed by atoms with E-state index in [4.69, 9.17) is 5.73 Å². The summed E-state index contributed by atoms with van der Waals surface area (Å²) >= 11 is 0. The number of likely N-dealkylation sites (tertiary alicyclic amines) is 1. The van der Waals surface area contributed by atoms with Crippen LogP contribution in [0, 0.1) is 5.92 Å². The lowest BCUT2D eigenvalue weighted by molar-refractivity contribution is 0.194. The molecule has 2 nitrogen and oxygen atoms in total. The van der Waals surface area contributed by atoms with E-state index in [1.165, 1.54) is 32.4 Å². The van der Waals surface area contributed by atoms with Crippen LogP contribution < -0.4 is 5.73 Å². The van der Waals surface area contributed by atoms with Crippen LogP contribution in [0.3, 0.4) is 0 Å². The predicted octanol–water partition coefficient (Wildman–Crippen LogP) is 1.62. The van der Waals surface area contributed by atoms with E-state index in [1.54, 1.807) is 0 Å². The Morgan fingerprint density at radius 3 is 2.54 bits per heavy atom. The first-order chi connectivity index (χ1) is 6.26. The molecule has 1 aliphatic rings. The van der Waals surface area contributed by atoms with Crippen LogP contribution in [0.2, 0.25) is 0 Å². The number of rotatable bonds is 4. The maximum absolute atomic E-state index is 5.52. The fourth-order valence-corrected chi connectivity index (χ4v) is 1.93. The van der Waals surface area contributed by atoms with E-state index in [0.29, 0.717) is 6.54 Å². The van der Waals surface area contributed by atoms with E-state index in [1.807, 2.05) is 0 Å². The number of hydrogen-bond donors (Lipinski definition) is 1. The molecule has 13 heavy (non-hydrogen) atoms. The van der Waals surface area contributed by atoms with Crippen molar-refractivity contribution < 1.29 is 0 Å². The summed E-state index contributed by atoms with van der Waals surface area (Å²) in [6.07, 6.45) is 4.05. The van der Waals surface area contributed by atoms with Crippen molar-refractivity contribution >= 4 is 0 Å². The second-order valence-corrected chi connectivity index (χ2v) is 4.08. The minimum absolute atomic E-state index is 0.633. The molecule has 0 spiro atoms. The van der Waals surface area contributed by atoms with Crippen molar-refractivity contribution in [2.75, 3.05) is 26.2 Å². The van der Waals surface area contributed by atoms with Gasteiger partial charge in [-0.1, -0.05) is 19.9 Å². The fraction of sp³-hybridized carbons (Fsp3) is 0.818. The Morgan fingerprint density at radius 2 is 2.08 bits per heavy atom. The van der Waals surface area contributed by atoms with E-state index in [2.05, 4.69) is 18.4 Å². The number of piperidine rings is 1. The highest BCUT2D eigenvalue weighted by atomic mass is 15.1. The molecule has 0 bridgehead atoms. The summed E-state index contributed by atoms with van der Waals surface area (Å²) in [7, 11) is 0. The molecule has 1 fully saturated rings. The van der Waals surface area contributed by atoms with Gasteiger partial charge in [0.15, 0.2) is 0 Å². The van der Waals surface area contributed by atoms with Crippen LogP contribution in [0.5, 0.6) is 0 Å². The zero-order valence-corrected chi connectivity index (χ0v) is 8.76. The van der Waals surface area contributed by atoms with Crippen molar-refractivity contribution in [3.63, 3.8) is 0 Å². The fourth-order valence-electron chi connectivity index (χ4n) is 1.93. The Labute approximate surface area is 81.8 Å². The molecule has 0 amide bonds. The molecule has 1 rings (SSSR count). The molecule has 0 radical (unpaired) electrons. The van der Waals surface area contributed by atoms with Gasteiger partial charge in [0.25, 0.3) is 0 Å². The highest BCUT2D eigenvalue weighted by molar-refractivity contribution is 4.99. The number of nitrogens with zero attached hydrogens (tertiary/aromatic N) is 1. The molecule has 1 aliphatic heterocycles. The van der Waals surface area contributed by atoms with Crippen molar-refractivity contribution in [1.29, 1.82) is 0 Å². The van der Waals surface area contributed by atoms with Crippen LogP contribution >= 0.6 is 0 Å². The summed E-state index contributed by atoms with van der Waals surface area (Å²) in [6, 6.07) is 0. The SMILES string of the molecule is C=C(CN)CN1CCC(CC)CC1. The van der Waals surface area contributed by atoms with Gasteiger partial charge in [-0.15, -0.1) is 0 Å². The first-order valence-corrected chi connectivity index (χ1v) is 5.35. The Kier molecular flexibility index (Phi) is 4.46. The summed E-state index contributed by atoms with van der Waals surface area (Å²) in [5, 5.41) is 0. The third kappa shape index (κ3) is 3.49. The van der Waals surface area contributed by atoms with E-state index in [9.17, 15) is 0 Å². The molecule has 0 atom stereocenters. The summed E-state index contributed by atoms with van der Waals surface area (Å²) in [5.41, 5.74) is 6.68. The molecular weight excluding hydrogens is 160 g/mol. The Balaban J connectivity index is 2.21. The molecule has 76 valence electrons.